The van der Waals surface area contributed by atoms with E-state index in [1.807, 2.05) is 6.92 Å². The summed E-state index contributed by atoms with van der Waals surface area (Å²) in [5.41, 5.74) is 5.55. The van der Waals surface area contributed by atoms with Gasteiger partial charge in [-0.2, -0.15) is 0 Å². The third-order valence-electron chi connectivity index (χ3n) is 2.76. The average molecular weight is 238 g/mol. The molecule has 0 saturated carbocycles. The first-order valence-corrected chi connectivity index (χ1v) is 5.79. The summed E-state index contributed by atoms with van der Waals surface area (Å²) >= 11 is 0. The SMILES string of the molecule is CCCC(C)(CN)CN(CCO)CC(F)F. The van der Waals surface area contributed by atoms with Gasteiger partial charge >= 0.3 is 0 Å². The Hall–Kier alpha value is -0.260. The lowest BCUT2D eigenvalue weighted by atomic mass is 9.85. The molecule has 0 fully saturated rings. The lowest BCUT2D eigenvalue weighted by molar-refractivity contribution is 0.0539. The van der Waals surface area contributed by atoms with E-state index >= 15 is 0 Å². The van der Waals surface area contributed by atoms with E-state index in [1.54, 1.807) is 4.90 Å². The summed E-state index contributed by atoms with van der Waals surface area (Å²) in [7, 11) is 0. The molecule has 98 valence electrons. The number of halogens is 2. The van der Waals surface area contributed by atoms with Gasteiger partial charge in [0.15, 0.2) is 0 Å². The van der Waals surface area contributed by atoms with Crippen molar-refractivity contribution in [1.82, 2.24) is 4.90 Å². The van der Waals surface area contributed by atoms with Crippen LogP contribution in [0.25, 0.3) is 0 Å². The summed E-state index contributed by atoms with van der Waals surface area (Å²) < 4.78 is 24.6. The Morgan fingerprint density at radius 2 is 2.06 bits per heavy atom. The molecule has 0 heterocycles. The number of alkyl halides is 2. The van der Waals surface area contributed by atoms with Gasteiger partial charge in [0.25, 0.3) is 6.43 Å². The summed E-state index contributed by atoms with van der Waals surface area (Å²) in [6.45, 7) is 4.95. The Labute approximate surface area is 96.6 Å². The second-order valence-corrected chi connectivity index (χ2v) is 4.61. The molecule has 1 atom stereocenters. The molecule has 3 N–H and O–H groups in total. The van der Waals surface area contributed by atoms with Crippen LogP contribution < -0.4 is 5.73 Å². The van der Waals surface area contributed by atoms with Crippen molar-refractivity contribution < 1.29 is 13.9 Å². The van der Waals surface area contributed by atoms with E-state index in [1.165, 1.54) is 0 Å². The van der Waals surface area contributed by atoms with Gasteiger partial charge in [-0.15, -0.1) is 0 Å². The largest absolute Gasteiger partial charge is 0.395 e. The highest BCUT2D eigenvalue weighted by Crippen LogP contribution is 2.23. The Bertz CT molecular complexity index is 181. The summed E-state index contributed by atoms with van der Waals surface area (Å²) in [5, 5.41) is 8.83. The van der Waals surface area contributed by atoms with E-state index in [9.17, 15) is 8.78 Å². The van der Waals surface area contributed by atoms with Gasteiger partial charge in [-0.25, -0.2) is 8.78 Å². The fourth-order valence-electron chi connectivity index (χ4n) is 1.96. The van der Waals surface area contributed by atoms with Gasteiger partial charge in [0.1, 0.15) is 0 Å². The third-order valence-corrected chi connectivity index (χ3v) is 2.76. The van der Waals surface area contributed by atoms with Crippen molar-refractivity contribution in [3.05, 3.63) is 0 Å². The molecule has 0 aromatic carbocycles. The maximum atomic E-state index is 12.3. The van der Waals surface area contributed by atoms with Crippen molar-refractivity contribution in [3.63, 3.8) is 0 Å². The molecule has 0 aromatic rings. The Morgan fingerprint density at radius 3 is 2.44 bits per heavy atom. The zero-order chi connectivity index (χ0) is 12.6. The smallest absolute Gasteiger partial charge is 0.251 e. The minimum atomic E-state index is -2.37. The van der Waals surface area contributed by atoms with Crippen LogP contribution in [0.4, 0.5) is 8.78 Å². The van der Waals surface area contributed by atoms with Crippen LogP contribution in [0, 0.1) is 5.41 Å². The molecule has 5 heteroatoms. The maximum absolute atomic E-state index is 12.3. The average Bonchev–Trinajstić information content (AvgIpc) is 2.17. The number of aliphatic hydroxyl groups is 1. The lowest BCUT2D eigenvalue weighted by Crippen LogP contribution is -2.43. The van der Waals surface area contributed by atoms with Crippen molar-refractivity contribution in [1.29, 1.82) is 0 Å². The molecule has 0 saturated heterocycles. The van der Waals surface area contributed by atoms with Gasteiger partial charge in [-0.3, -0.25) is 4.90 Å². The fraction of sp³-hybridized carbons (Fsp3) is 1.00. The second kappa shape index (κ2) is 7.92. The minimum Gasteiger partial charge on any atom is -0.395 e. The molecule has 0 aromatic heterocycles. The van der Waals surface area contributed by atoms with E-state index in [4.69, 9.17) is 10.8 Å². The molecular weight excluding hydrogens is 214 g/mol. The van der Waals surface area contributed by atoms with E-state index in [-0.39, 0.29) is 25.1 Å². The topological polar surface area (TPSA) is 49.5 Å². The summed E-state index contributed by atoms with van der Waals surface area (Å²) in [6, 6.07) is 0. The highest BCUT2D eigenvalue weighted by molar-refractivity contribution is 4.79. The molecule has 0 aliphatic heterocycles. The van der Waals surface area contributed by atoms with Crippen LogP contribution in [-0.4, -0.2) is 49.2 Å². The van der Waals surface area contributed by atoms with Crippen LogP contribution in [0.15, 0.2) is 0 Å². The standard InChI is InChI=1S/C11H24F2N2O/c1-3-4-11(2,8-14)9-15(5-6-16)7-10(12)13/h10,16H,3-9,14H2,1-2H3. The molecule has 1 unspecified atom stereocenters. The Balaban J connectivity index is 4.32. The lowest BCUT2D eigenvalue weighted by Gasteiger charge is -2.34. The monoisotopic (exact) mass is 238 g/mol. The van der Waals surface area contributed by atoms with Gasteiger partial charge in [-0.05, 0) is 18.4 Å². The van der Waals surface area contributed by atoms with Gasteiger partial charge in [0.05, 0.1) is 13.2 Å². The zero-order valence-corrected chi connectivity index (χ0v) is 10.3. The first-order chi connectivity index (χ1) is 7.47. The highest BCUT2D eigenvalue weighted by Gasteiger charge is 2.25. The molecule has 3 nitrogen and oxygen atoms in total. The summed E-state index contributed by atoms with van der Waals surface area (Å²) in [5.74, 6) is 0. The van der Waals surface area contributed by atoms with Crippen LogP contribution in [0.3, 0.4) is 0 Å². The van der Waals surface area contributed by atoms with E-state index < -0.39 is 6.43 Å². The van der Waals surface area contributed by atoms with Gasteiger partial charge in [0.2, 0.25) is 0 Å². The summed E-state index contributed by atoms with van der Waals surface area (Å²) in [6.07, 6.45) is -0.473. The predicted octanol–water partition coefficient (Wildman–Crippen LogP) is 1.31. The van der Waals surface area contributed by atoms with Crippen LogP contribution in [0.2, 0.25) is 0 Å². The highest BCUT2D eigenvalue weighted by atomic mass is 19.3. The maximum Gasteiger partial charge on any atom is 0.251 e. The van der Waals surface area contributed by atoms with Crippen LogP contribution in [0.1, 0.15) is 26.7 Å². The number of hydrogen-bond acceptors (Lipinski definition) is 3. The zero-order valence-electron chi connectivity index (χ0n) is 10.3. The van der Waals surface area contributed by atoms with Gasteiger partial charge in [-0.1, -0.05) is 20.3 Å². The van der Waals surface area contributed by atoms with Crippen molar-refractivity contribution in [2.45, 2.75) is 33.1 Å². The van der Waals surface area contributed by atoms with Crippen LogP contribution >= 0.6 is 0 Å². The number of rotatable bonds is 9. The van der Waals surface area contributed by atoms with E-state index in [0.717, 1.165) is 12.8 Å². The predicted molar refractivity (Wildman–Crippen MR) is 61.6 cm³/mol. The normalized spacial score (nSPS) is 15.8. The van der Waals surface area contributed by atoms with E-state index in [2.05, 4.69) is 6.92 Å². The summed E-state index contributed by atoms with van der Waals surface area (Å²) in [4.78, 5) is 1.59. The molecule has 0 aliphatic carbocycles. The first kappa shape index (κ1) is 15.7. The van der Waals surface area contributed by atoms with Crippen molar-refractivity contribution >= 4 is 0 Å². The second-order valence-electron chi connectivity index (χ2n) is 4.61. The third kappa shape index (κ3) is 6.35. The molecule has 0 bridgehead atoms. The molecule has 0 amide bonds. The van der Waals surface area contributed by atoms with Gasteiger partial charge < -0.3 is 10.8 Å². The molecule has 0 rings (SSSR count). The van der Waals surface area contributed by atoms with E-state index in [0.29, 0.717) is 13.1 Å². The number of aliphatic hydroxyl groups excluding tert-OH is 1. The van der Waals surface area contributed by atoms with Crippen molar-refractivity contribution in [2.75, 3.05) is 32.8 Å². The minimum absolute atomic E-state index is 0.0977. The molecule has 0 radical (unpaired) electrons. The van der Waals surface area contributed by atoms with Crippen molar-refractivity contribution in [3.8, 4) is 0 Å². The molecule has 0 aliphatic rings. The number of hydrogen-bond donors (Lipinski definition) is 2. The van der Waals surface area contributed by atoms with Crippen molar-refractivity contribution in [2.24, 2.45) is 11.1 Å². The molecule has 16 heavy (non-hydrogen) atoms. The quantitative estimate of drug-likeness (QED) is 0.637. The molecular formula is C11H24F2N2O. The fourth-order valence-corrected chi connectivity index (χ4v) is 1.96. The van der Waals surface area contributed by atoms with Crippen LogP contribution in [-0.2, 0) is 0 Å². The Kier molecular flexibility index (Phi) is 7.80. The molecule has 0 spiro atoms. The Morgan fingerprint density at radius 1 is 1.44 bits per heavy atom. The number of nitrogens with zero attached hydrogens (tertiary/aromatic N) is 1. The van der Waals surface area contributed by atoms with Gasteiger partial charge in [0, 0.05) is 13.1 Å². The first-order valence-electron chi connectivity index (χ1n) is 5.79. The van der Waals surface area contributed by atoms with Crippen LogP contribution in [0.5, 0.6) is 0 Å². The number of nitrogens with two attached hydrogens (primary N) is 1.